The molecule has 1 aliphatic rings. The Morgan fingerprint density at radius 3 is 2.49 bits per heavy atom. The van der Waals surface area contributed by atoms with Gasteiger partial charge in [-0.3, -0.25) is 14.7 Å². The first-order chi connectivity index (χ1) is 22.7. The molecule has 1 aliphatic heterocycles. The lowest BCUT2D eigenvalue weighted by Crippen LogP contribution is -2.47. The number of anilines is 2. The van der Waals surface area contributed by atoms with Crippen LogP contribution in [-0.4, -0.2) is 90.5 Å². The van der Waals surface area contributed by atoms with Crippen molar-refractivity contribution in [3.8, 4) is 11.5 Å². The predicted octanol–water partition coefficient (Wildman–Crippen LogP) is 5.66. The van der Waals surface area contributed by atoms with Gasteiger partial charge < -0.3 is 34.9 Å². The number of urea groups is 1. The molecule has 4 rings (SSSR count). The predicted molar refractivity (Wildman–Crippen MR) is 183 cm³/mol. The Morgan fingerprint density at radius 2 is 1.79 bits per heavy atom. The van der Waals surface area contributed by atoms with Gasteiger partial charge in [-0.05, 0) is 100 Å². The van der Waals surface area contributed by atoms with Crippen LogP contribution in [-0.2, 0) is 11.3 Å². The molecule has 0 saturated heterocycles. The van der Waals surface area contributed by atoms with Gasteiger partial charge in [-0.1, -0.05) is 6.92 Å². The summed E-state index contributed by atoms with van der Waals surface area (Å²) in [5, 5.41) is 15.9. The van der Waals surface area contributed by atoms with Crippen molar-refractivity contribution in [2.75, 3.05) is 51.1 Å². The number of ether oxygens (including phenoxy) is 3. The van der Waals surface area contributed by atoms with E-state index in [2.05, 4.69) is 34.5 Å². The molecule has 11 heteroatoms. The van der Waals surface area contributed by atoms with Gasteiger partial charge >= 0.3 is 6.03 Å². The molecule has 4 atom stereocenters. The first kappa shape index (κ1) is 35.7. The largest absolute Gasteiger partial charge is 0.497 e. The van der Waals surface area contributed by atoms with E-state index in [1.165, 1.54) is 0 Å². The van der Waals surface area contributed by atoms with Crippen LogP contribution in [0, 0.1) is 5.92 Å². The quantitative estimate of drug-likeness (QED) is 0.272. The Morgan fingerprint density at radius 1 is 1.09 bits per heavy atom. The van der Waals surface area contributed by atoms with E-state index in [9.17, 15) is 14.7 Å². The Hall–Kier alpha value is -4.19. The number of aliphatic hydroxyl groups is 1. The van der Waals surface area contributed by atoms with Crippen molar-refractivity contribution >= 4 is 23.3 Å². The molecule has 1 aromatic heterocycles. The van der Waals surface area contributed by atoms with Gasteiger partial charge in [0.2, 0.25) is 0 Å². The van der Waals surface area contributed by atoms with Crippen molar-refractivity contribution in [1.29, 1.82) is 0 Å². The summed E-state index contributed by atoms with van der Waals surface area (Å²) >= 11 is 0. The van der Waals surface area contributed by atoms with Crippen LogP contribution >= 0.6 is 0 Å². The lowest BCUT2D eigenvalue weighted by molar-refractivity contribution is -0.0177. The number of likely N-dealkylation sites (N-methyl/N-ethyl adjacent to an activating group) is 1. The minimum Gasteiger partial charge on any atom is -0.497 e. The van der Waals surface area contributed by atoms with Crippen molar-refractivity contribution in [3.63, 3.8) is 0 Å². The highest BCUT2D eigenvalue weighted by atomic mass is 16.5. The van der Waals surface area contributed by atoms with Crippen LogP contribution in [0.3, 0.4) is 0 Å². The normalized spacial score (nSPS) is 20.0. The molecular formula is C36H49N5O6. The average Bonchev–Trinajstić information content (AvgIpc) is 3.06. The van der Waals surface area contributed by atoms with Gasteiger partial charge in [-0.15, -0.1) is 0 Å². The van der Waals surface area contributed by atoms with Gasteiger partial charge in [0.25, 0.3) is 5.91 Å². The second kappa shape index (κ2) is 17.7. The maximum atomic E-state index is 14.4. The molecule has 254 valence electrons. The molecule has 0 spiro atoms. The molecule has 3 aromatic rings. The number of amides is 3. The summed E-state index contributed by atoms with van der Waals surface area (Å²) in [6.45, 7) is 8.08. The molecule has 0 saturated carbocycles. The summed E-state index contributed by atoms with van der Waals surface area (Å²) in [7, 11) is 3.64. The number of rotatable bonds is 9. The molecule has 3 N–H and O–H groups in total. The lowest BCUT2D eigenvalue weighted by Gasteiger charge is -2.36. The fourth-order valence-electron chi connectivity index (χ4n) is 5.60. The van der Waals surface area contributed by atoms with Gasteiger partial charge in [0.1, 0.15) is 11.5 Å². The number of fused-ring (bicyclic) bond motifs is 1. The smallest absolute Gasteiger partial charge is 0.323 e. The number of benzene rings is 2. The van der Waals surface area contributed by atoms with E-state index in [1.807, 2.05) is 26.0 Å². The zero-order valence-electron chi connectivity index (χ0n) is 28.1. The number of hydrogen-bond donors (Lipinski definition) is 3. The maximum Gasteiger partial charge on any atom is 0.323 e. The average molecular weight is 648 g/mol. The summed E-state index contributed by atoms with van der Waals surface area (Å²) in [4.78, 5) is 35.3. The summed E-state index contributed by atoms with van der Waals surface area (Å²) < 4.78 is 18.0. The van der Waals surface area contributed by atoms with E-state index in [0.29, 0.717) is 48.1 Å². The van der Waals surface area contributed by atoms with Crippen LogP contribution < -0.4 is 20.1 Å². The number of methoxy groups -OCH3 is 1. The molecule has 2 heterocycles. The Balaban J connectivity index is 1.57. The molecule has 0 radical (unpaired) electrons. The summed E-state index contributed by atoms with van der Waals surface area (Å²) in [5.74, 6) is 0.783. The fraction of sp³-hybridized carbons (Fsp3) is 0.472. The van der Waals surface area contributed by atoms with Gasteiger partial charge in [-0.2, -0.15) is 0 Å². The third-order valence-corrected chi connectivity index (χ3v) is 8.35. The van der Waals surface area contributed by atoms with E-state index in [1.54, 1.807) is 66.9 Å². The maximum absolute atomic E-state index is 14.4. The second-order valence-electron chi connectivity index (χ2n) is 12.4. The number of pyridine rings is 1. The zero-order chi connectivity index (χ0) is 33.8. The van der Waals surface area contributed by atoms with E-state index < -0.39 is 12.1 Å². The topological polar surface area (TPSA) is 125 Å². The van der Waals surface area contributed by atoms with E-state index in [4.69, 9.17) is 14.2 Å². The Bertz CT molecular complexity index is 1420. The number of aliphatic hydroxyl groups excluding tert-OH is 1. The summed E-state index contributed by atoms with van der Waals surface area (Å²) in [6, 6.07) is 15.2. The van der Waals surface area contributed by atoms with Gasteiger partial charge in [-0.25, -0.2) is 4.79 Å². The molecule has 47 heavy (non-hydrogen) atoms. The number of carbonyl (C=O) groups excluding carboxylic acids is 2. The van der Waals surface area contributed by atoms with Crippen LogP contribution in [0.1, 0.15) is 56.0 Å². The summed E-state index contributed by atoms with van der Waals surface area (Å²) in [5.41, 5.74) is 2.50. The zero-order valence-corrected chi connectivity index (χ0v) is 28.1. The van der Waals surface area contributed by atoms with Crippen molar-refractivity contribution < 1.29 is 28.9 Å². The first-order valence-electron chi connectivity index (χ1n) is 16.3. The van der Waals surface area contributed by atoms with Crippen LogP contribution in [0.25, 0.3) is 0 Å². The molecular weight excluding hydrogens is 598 g/mol. The van der Waals surface area contributed by atoms with Gasteiger partial charge in [0.15, 0.2) is 0 Å². The lowest BCUT2D eigenvalue weighted by atomic mass is 10.0. The van der Waals surface area contributed by atoms with Gasteiger partial charge in [0.05, 0.1) is 37.5 Å². The fourth-order valence-corrected chi connectivity index (χ4v) is 5.60. The van der Waals surface area contributed by atoms with E-state index >= 15 is 0 Å². The molecule has 3 amide bonds. The summed E-state index contributed by atoms with van der Waals surface area (Å²) in [6.07, 6.45) is 5.89. The van der Waals surface area contributed by atoms with Crippen molar-refractivity contribution in [2.24, 2.45) is 5.92 Å². The standard InChI is InChI=1S/C36H49N5O6/c1-25-21-41(26(2)24-42)35(43)32-20-30(39-36(44)38-29-9-12-31(45-5)13-10-29)11-14-33(32)47-27(3)8-6-7-19-46-34(25)23-40(4)22-28-15-17-37-18-16-28/h9-18,20,25-27,34,42H,6-8,19,21-24H2,1-5H3,(H2,38,39,44)/t25-,26-,27-,34-/m1/s1. The van der Waals surface area contributed by atoms with Crippen LogP contribution in [0.5, 0.6) is 11.5 Å². The molecule has 0 bridgehead atoms. The molecule has 0 unspecified atom stereocenters. The molecule has 11 nitrogen and oxygen atoms in total. The van der Waals surface area contributed by atoms with Crippen molar-refractivity contribution in [2.45, 2.75) is 64.8 Å². The third-order valence-electron chi connectivity index (χ3n) is 8.35. The van der Waals surface area contributed by atoms with E-state index in [-0.39, 0.29) is 30.6 Å². The van der Waals surface area contributed by atoms with Crippen LogP contribution in [0.2, 0.25) is 0 Å². The highest BCUT2D eigenvalue weighted by molar-refractivity contribution is 6.02. The van der Waals surface area contributed by atoms with Crippen LogP contribution in [0.4, 0.5) is 16.2 Å². The second-order valence-corrected chi connectivity index (χ2v) is 12.4. The first-order valence-corrected chi connectivity index (χ1v) is 16.3. The minimum atomic E-state index is -0.465. The molecule has 0 fully saturated rings. The van der Waals surface area contributed by atoms with Crippen molar-refractivity contribution in [3.05, 3.63) is 78.1 Å². The molecule has 0 aliphatic carbocycles. The van der Waals surface area contributed by atoms with E-state index in [0.717, 1.165) is 31.4 Å². The highest BCUT2D eigenvalue weighted by Gasteiger charge is 2.30. The SMILES string of the molecule is COc1ccc(NC(=O)Nc2ccc3c(c2)C(=O)N([C@H](C)CO)C[C@@H](C)[C@@H](CN(C)Cc2ccncc2)OCCCC[C@@H](C)O3)cc1. The Kier molecular flexibility index (Phi) is 13.4. The third kappa shape index (κ3) is 10.7. The highest BCUT2D eigenvalue weighted by Crippen LogP contribution is 2.29. The number of nitrogens with one attached hydrogen (secondary N) is 2. The molecule has 2 aromatic carbocycles. The number of aromatic nitrogens is 1. The van der Waals surface area contributed by atoms with Gasteiger partial charge in [0, 0.05) is 55.9 Å². The van der Waals surface area contributed by atoms with Crippen molar-refractivity contribution in [1.82, 2.24) is 14.8 Å². The minimum absolute atomic E-state index is 0.0457. The number of carbonyl (C=O) groups is 2. The Labute approximate surface area is 278 Å². The van der Waals surface area contributed by atoms with Crippen LogP contribution in [0.15, 0.2) is 67.0 Å². The monoisotopic (exact) mass is 647 g/mol. The number of hydrogen-bond acceptors (Lipinski definition) is 8. The number of nitrogens with zero attached hydrogens (tertiary/aromatic N) is 3.